The van der Waals surface area contributed by atoms with Gasteiger partial charge in [0.1, 0.15) is 6.04 Å². The van der Waals surface area contributed by atoms with Gasteiger partial charge in [0.05, 0.1) is 13.7 Å². The van der Waals surface area contributed by atoms with Crippen molar-refractivity contribution in [3.63, 3.8) is 0 Å². The minimum absolute atomic E-state index is 0.193. The van der Waals surface area contributed by atoms with Crippen molar-refractivity contribution in [2.45, 2.75) is 18.9 Å². The first-order chi connectivity index (χ1) is 8.21. The lowest BCUT2D eigenvalue weighted by Gasteiger charge is -2.34. The normalized spacial score (nSPS) is 23.4. The third-order valence-corrected chi connectivity index (χ3v) is 3.28. The second-order valence-electron chi connectivity index (χ2n) is 4.59. The van der Waals surface area contributed by atoms with Crippen LogP contribution in [0.5, 0.6) is 0 Å². The van der Waals surface area contributed by atoms with E-state index < -0.39 is 0 Å². The minimum Gasteiger partial charge on any atom is -0.468 e. The molecule has 5 heteroatoms. The Morgan fingerprint density at radius 2 is 2.29 bits per heavy atom. The number of likely N-dealkylation sites (tertiary alicyclic amines) is 1. The molecule has 0 aromatic rings. The molecule has 5 nitrogen and oxygen atoms in total. The summed E-state index contributed by atoms with van der Waals surface area (Å²) in [5, 5.41) is 3.00. The SMILES string of the molecule is CNC(CN1CCCC(COC)C1)C(=O)OC. The third-order valence-electron chi connectivity index (χ3n) is 3.28. The van der Waals surface area contributed by atoms with Crippen LogP contribution < -0.4 is 5.32 Å². The monoisotopic (exact) mass is 244 g/mol. The summed E-state index contributed by atoms with van der Waals surface area (Å²) in [5.41, 5.74) is 0. The first-order valence-electron chi connectivity index (χ1n) is 6.17. The molecule has 17 heavy (non-hydrogen) atoms. The van der Waals surface area contributed by atoms with Crippen molar-refractivity contribution in [3.05, 3.63) is 0 Å². The van der Waals surface area contributed by atoms with Crippen LogP contribution >= 0.6 is 0 Å². The van der Waals surface area contributed by atoms with Crippen molar-refractivity contribution >= 4 is 5.97 Å². The van der Waals surface area contributed by atoms with Crippen molar-refractivity contribution in [3.8, 4) is 0 Å². The van der Waals surface area contributed by atoms with Gasteiger partial charge < -0.3 is 19.7 Å². The van der Waals surface area contributed by atoms with Crippen molar-refractivity contribution in [2.75, 3.05) is 47.5 Å². The van der Waals surface area contributed by atoms with Crippen LogP contribution in [0.3, 0.4) is 0 Å². The molecule has 0 radical (unpaired) electrons. The predicted octanol–water partition coefficient (Wildman–Crippen LogP) is 0.106. The summed E-state index contributed by atoms with van der Waals surface area (Å²) in [6, 6.07) is -0.235. The first kappa shape index (κ1) is 14.4. The summed E-state index contributed by atoms with van der Waals surface area (Å²) in [4.78, 5) is 13.8. The highest BCUT2D eigenvalue weighted by Gasteiger charge is 2.25. The molecule has 0 bridgehead atoms. The number of likely N-dealkylation sites (N-methyl/N-ethyl adjacent to an activating group) is 1. The van der Waals surface area contributed by atoms with Gasteiger partial charge >= 0.3 is 5.97 Å². The van der Waals surface area contributed by atoms with Crippen LogP contribution in [0.15, 0.2) is 0 Å². The van der Waals surface area contributed by atoms with Gasteiger partial charge in [-0.3, -0.25) is 4.79 Å². The van der Waals surface area contributed by atoms with Gasteiger partial charge in [-0.05, 0) is 32.4 Å². The van der Waals surface area contributed by atoms with E-state index in [1.165, 1.54) is 20.0 Å². The van der Waals surface area contributed by atoms with E-state index in [2.05, 4.69) is 10.2 Å². The fourth-order valence-electron chi connectivity index (χ4n) is 2.37. The highest BCUT2D eigenvalue weighted by molar-refractivity contribution is 5.75. The molecular weight excluding hydrogens is 220 g/mol. The molecule has 0 aromatic carbocycles. The number of piperidine rings is 1. The molecule has 100 valence electrons. The highest BCUT2D eigenvalue weighted by Crippen LogP contribution is 2.16. The molecule has 1 aliphatic heterocycles. The molecule has 0 aliphatic carbocycles. The molecule has 1 heterocycles. The molecule has 0 saturated carbocycles. The molecule has 2 atom stereocenters. The maximum atomic E-state index is 11.5. The number of hydrogen-bond acceptors (Lipinski definition) is 5. The summed E-state index contributed by atoms with van der Waals surface area (Å²) >= 11 is 0. The van der Waals surface area contributed by atoms with Gasteiger partial charge in [-0.1, -0.05) is 0 Å². The second-order valence-corrected chi connectivity index (χ2v) is 4.59. The lowest BCUT2D eigenvalue weighted by molar-refractivity contribution is -0.143. The van der Waals surface area contributed by atoms with E-state index in [9.17, 15) is 4.79 Å². The Labute approximate surface area is 103 Å². The van der Waals surface area contributed by atoms with Gasteiger partial charge in [-0.15, -0.1) is 0 Å². The molecule has 1 fully saturated rings. The Hall–Kier alpha value is -0.650. The first-order valence-corrected chi connectivity index (χ1v) is 6.17. The maximum absolute atomic E-state index is 11.5. The molecule has 2 unspecified atom stereocenters. The number of carbonyl (C=O) groups excluding carboxylic acids is 1. The van der Waals surface area contributed by atoms with Crippen LogP contribution in [0.1, 0.15) is 12.8 Å². The molecule has 0 amide bonds. The summed E-state index contributed by atoms with van der Waals surface area (Å²) in [6.45, 7) is 3.57. The van der Waals surface area contributed by atoms with E-state index in [-0.39, 0.29) is 12.0 Å². The highest BCUT2D eigenvalue weighted by atomic mass is 16.5. The molecule has 1 aliphatic rings. The number of methoxy groups -OCH3 is 2. The minimum atomic E-state index is -0.235. The number of carbonyl (C=O) groups is 1. The van der Waals surface area contributed by atoms with Crippen LogP contribution in [-0.4, -0.2) is 64.4 Å². The van der Waals surface area contributed by atoms with Gasteiger partial charge in [0.2, 0.25) is 0 Å². The van der Waals surface area contributed by atoms with Crippen LogP contribution in [0.25, 0.3) is 0 Å². The maximum Gasteiger partial charge on any atom is 0.324 e. The van der Waals surface area contributed by atoms with E-state index in [1.807, 2.05) is 0 Å². The molecule has 1 N–H and O–H groups in total. The third kappa shape index (κ3) is 4.61. The Morgan fingerprint density at radius 3 is 2.88 bits per heavy atom. The van der Waals surface area contributed by atoms with E-state index in [1.54, 1.807) is 14.2 Å². The van der Waals surface area contributed by atoms with Crippen LogP contribution in [0.2, 0.25) is 0 Å². The van der Waals surface area contributed by atoms with Gasteiger partial charge in [0.15, 0.2) is 0 Å². The van der Waals surface area contributed by atoms with E-state index in [0.29, 0.717) is 12.5 Å². The zero-order chi connectivity index (χ0) is 12.7. The second kappa shape index (κ2) is 7.63. The Kier molecular flexibility index (Phi) is 6.47. The Balaban J connectivity index is 2.41. The van der Waals surface area contributed by atoms with E-state index >= 15 is 0 Å². The van der Waals surface area contributed by atoms with Gasteiger partial charge in [-0.2, -0.15) is 0 Å². The van der Waals surface area contributed by atoms with Crippen molar-refractivity contribution in [1.29, 1.82) is 0 Å². The zero-order valence-corrected chi connectivity index (χ0v) is 11.1. The molecule has 0 spiro atoms. The van der Waals surface area contributed by atoms with Crippen molar-refractivity contribution < 1.29 is 14.3 Å². The summed E-state index contributed by atoms with van der Waals surface area (Å²) in [5.74, 6) is 0.394. The largest absolute Gasteiger partial charge is 0.468 e. The number of nitrogens with zero attached hydrogens (tertiary/aromatic N) is 1. The van der Waals surface area contributed by atoms with Crippen LogP contribution in [0, 0.1) is 5.92 Å². The fraction of sp³-hybridized carbons (Fsp3) is 0.917. The topological polar surface area (TPSA) is 50.8 Å². The number of hydrogen-bond donors (Lipinski definition) is 1. The standard InChI is InChI=1S/C12H24N2O3/c1-13-11(12(15)17-3)8-14-6-4-5-10(7-14)9-16-2/h10-11,13H,4-9H2,1-3H3. The van der Waals surface area contributed by atoms with Gasteiger partial charge in [0, 0.05) is 20.2 Å². The lowest BCUT2D eigenvalue weighted by atomic mass is 9.98. The van der Waals surface area contributed by atoms with Crippen molar-refractivity contribution in [2.24, 2.45) is 5.92 Å². The summed E-state index contributed by atoms with van der Waals surface area (Å²) < 4.78 is 9.96. The number of esters is 1. The lowest BCUT2D eigenvalue weighted by Crippen LogP contribution is -2.48. The van der Waals surface area contributed by atoms with E-state index in [0.717, 1.165) is 19.7 Å². The molecule has 1 saturated heterocycles. The quantitative estimate of drug-likeness (QED) is 0.672. The predicted molar refractivity (Wildman–Crippen MR) is 65.9 cm³/mol. The average Bonchev–Trinajstić information content (AvgIpc) is 2.36. The number of nitrogens with one attached hydrogen (secondary N) is 1. The summed E-state index contributed by atoms with van der Waals surface area (Å²) in [7, 11) is 4.96. The van der Waals surface area contributed by atoms with E-state index in [4.69, 9.17) is 9.47 Å². The average molecular weight is 244 g/mol. The van der Waals surface area contributed by atoms with Crippen LogP contribution in [-0.2, 0) is 14.3 Å². The Morgan fingerprint density at radius 1 is 1.53 bits per heavy atom. The molecule has 0 aromatic heterocycles. The molecular formula is C12H24N2O3. The molecule has 1 rings (SSSR count). The number of ether oxygens (including phenoxy) is 2. The van der Waals surface area contributed by atoms with Crippen molar-refractivity contribution in [1.82, 2.24) is 10.2 Å². The summed E-state index contributed by atoms with van der Waals surface area (Å²) in [6.07, 6.45) is 2.39. The van der Waals surface area contributed by atoms with Gasteiger partial charge in [0.25, 0.3) is 0 Å². The zero-order valence-electron chi connectivity index (χ0n) is 11.1. The van der Waals surface area contributed by atoms with Gasteiger partial charge in [-0.25, -0.2) is 0 Å². The Bertz CT molecular complexity index is 234. The number of rotatable bonds is 6. The fourth-order valence-corrected chi connectivity index (χ4v) is 2.37. The van der Waals surface area contributed by atoms with Crippen LogP contribution in [0.4, 0.5) is 0 Å². The smallest absolute Gasteiger partial charge is 0.324 e.